The smallest absolute Gasteiger partial charge is 0.251 e. The van der Waals surface area contributed by atoms with Crippen LogP contribution in [0.15, 0.2) is 60.7 Å². The van der Waals surface area contributed by atoms with Gasteiger partial charge in [-0.3, -0.25) is 4.79 Å². The highest BCUT2D eigenvalue weighted by Gasteiger charge is 2.26. The predicted octanol–water partition coefficient (Wildman–Crippen LogP) is 6.75. The van der Waals surface area contributed by atoms with E-state index in [1.165, 1.54) is 39.9 Å². The molecule has 216 valence electrons. The summed E-state index contributed by atoms with van der Waals surface area (Å²) >= 11 is 0. The monoisotopic (exact) mass is 555 g/mol. The molecule has 1 saturated heterocycles. The molecular formula is C35H44FN4O+. The van der Waals surface area contributed by atoms with Gasteiger partial charge < -0.3 is 9.80 Å². The zero-order chi connectivity index (χ0) is 29.1. The fourth-order valence-corrected chi connectivity index (χ4v) is 6.33. The molecule has 0 aliphatic carbocycles. The molecule has 2 unspecified atom stereocenters. The highest BCUT2D eigenvalue weighted by Crippen LogP contribution is 2.30. The molecule has 0 spiro atoms. The highest BCUT2D eigenvalue weighted by atomic mass is 19.1. The van der Waals surface area contributed by atoms with Crippen molar-refractivity contribution >= 4 is 22.6 Å². The third-order valence-electron chi connectivity index (χ3n) is 9.13. The van der Waals surface area contributed by atoms with Gasteiger partial charge in [-0.15, -0.1) is 0 Å². The number of hydrogen-bond acceptors (Lipinski definition) is 2. The SMILES string of the molecule is CCCC(CC(=O)N1CCN(c2ccc(F)cc2)CC1)C(C)Cc1cc(-c2ccc3c(c2)[nH]c(C)[n+]3C)ccc1C. The number of anilines is 1. The molecule has 1 N–H and O–H groups in total. The Balaban J connectivity index is 1.24. The lowest BCUT2D eigenvalue weighted by atomic mass is 9.81. The van der Waals surface area contributed by atoms with Gasteiger partial charge in [-0.2, -0.15) is 0 Å². The first kappa shape index (κ1) is 28.8. The fourth-order valence-electron chi connectivity index (χ4n) is 6.33. The van der Waals surface area contributed by atoms with Gasteiger partial charge in [-0.25, -0.2) is 13.9 Å². The fraction of sp³-hybridized carbons (Fsp3) is 0.429. The van der Waals surface area contributed by atoms with Crippen LogP contribution >= 0.6 is 0 Å². The first-order valence-electron chi connectivity index (χ1n) is 15.1. The van der Waals surface area contributed by atoms with E-state index in [1.807, 2.05) is 17.0 Å². The van der Waals surface area contributed by atoms with E-state index >= 15 is 0 Å². The Kier molecular flexibility index (Phi) is 8.77. The first-order valence-corrected chi connectivity index (χ1v) is 15.1. The van der Waals surface area contributed by atoms with Crippen LogP contribution in [0.5, 0.6) is 0 Å². The second-order valence-corrected chi connectivity index (χ2v) is 11.9. The zero-order valence-corrected chi connectivity index (χ0v) is 25.2. The molecule has 2 heterocycles. The van der Waals surface area contributed by atoms with Crippen LogP contribution in [0.25, 0.3) is 22.2 Å². The van der Waals surface area contributed by atoms with Crippen LogP contribution in [-0.4, -0.2) is 42.0 Å². The van der Waals surface area contributed by atoms with Gasteiger partial charge in [0.2, 0.25) is 5.91 Å². The van der Waals surface area contributed by atoms with E-state index < -0.39 is 0 Å². The van der Waals surface area contributed by atoms with Crippen LogP contribution in [0.3, 0.4) is 0 Å². The van der Waals surface area contributed by atoms with Gasteiger partial charge in [-0.05, 0) is 96.3 Å². The molecule has 3 aromatic carbocycles. The van der Waals surface area contributed by atoms with Crippen LogP contribution in [0, 0.1) is 31.5 Å². The van der Waals surface area contributed by atoms with Gasteiger partial charge in [0.25, 0.3) is 5.82 Å². The molecule has 1 aliphatic rings. The Bertz CT molecular complexity index is 1500. The van der Waals surface area contributed by atoms with Gasteiger partial charge in [-0.1, -0.05) is 38.5 Å². The third-order valence-corrected chi connectivity index (χ3v) is 9.13. The van der Waals surface area contributed by atoms with Crippen molar-refractivity contribution in [2.45, 2.75) is 53.4 Å². The molecule has 5 rings (SSSR count). The van der Waals surface area contributed by atoms with Crippen molar-refractivity contribution in [3.63, 3.8) is 0 Å². The van der Waals surface area contributed by atoms with E-state index in [0.29, 0.717) is 31.3 Å². The summed E-state index contributed by atoms with van der Waals surface area (Å²) in [5, 5.41) is 0. The van der Waals surface area contributed by atoms with Crippen molar-refractivity contribution in [2.75, 3.05) is 31.1 Å². The molecule has 0 radical (unpaired) electrons. The minimum atomic E-state index is -0.219. The Hall–Kier alpha value is -3.67. The number of imidazole rings is 1. The number of carbonyl (C=O) groups is 1. The number of hydrogen-bond donors (Lipinski definition) is 1. The average molecular weight is 556 g/mol. The molecule has 6 heteroatoms. The van der Waals surface area contributed by atoms with Crippen molar-refractivity contribution in [2.24, 2.45) is 18.9 Å². The number of nitrogens with zero attached hydrogens (tertiary/aromatic N) is 3. The lowest BCUT2D eigenvalue weighted by Gasteiger charge is -2.37. The van der Waals surface area contributed by atoms with E-state index in [0.717, 1.165) is 49.4 Å². The van der Waals surface area contributed by atoms with Crippen LogP contribution in [0.4, 0.5) is 10.1 Å². The number of aromatic nitrogens is 2. The van der Waals surface area contributed by atoms with E-state index in [2.05, 4.69) is 85.6 Å². The number of aromatic amines is 1. The van der Waals surface area contributed by atoms with Crippen molar-refractivity contribution in [3.8, 4) is 11.1 Å². The summed E-state index contributed by atoms with van der Waals surface area (Å²) in [6.07, 6.45) is 3.70. The molecule has 1 aliphatic heterocycles. The number of carbonyl (C=O) groups excluding carboxylic acids is 1. The maximum absolute atomic E-state index is 13.4. The lowest BCUT2D eigenvalue weighted by Crippen LogP contribution is -2.49. The summed E-state index contributed by atoms with van der Waals surface area (Å²) in [4.78, 5) is 21.2. The summed E-state index contributed by atoms with van der Waals surface area (Å²) in [5.41, 5.74) is 8.50. The van der Waals surface area contributed by atoms with Crippen LogP contribution in [0.1, 0.15) is 50.1 Å². The maximum atomic E-state index is 13.4. The van der Waals surface area contributed by atoms with Crippen LogP contribution in [0.2, 0.25) is 0 Å². The van der Waals surface area contributed by atoms with Gasteiger partial charge in [0.05, 0.1) is 7.05 Å². The quantitative estimate of drug-likeness (QED) is 0.232. The van der Waals surface area contributed by atoms with E-state index in [1.54, 1.807) is 0 Å². The minimum absolute atomic E-state index is 0.219. The molecule has 5 nitrogen and oxygen atoms in total. The molecule has 2 atom stereocenters. The number of piperazine rings is 1. The Morgan fingerprint density at radius 1 is 0.976 bits per heavy atom. The molecule has 0 saturated carbocycles. The molecular weight excluding hydrogens is 511 g/mol. The molecule has 1 amide bonds. The summed E-state index contributed by atoms with van der Waals surface area (Å²) in [6, 6.07) is 20.1. The minimum Gasteiger partial charge on any atom is -0.368 e. The summed E-state index contributed by atoms with van der Waals surface area (Å²) < 4.78 is 15.5. The number of benzene rings is 3. The first-order chi connectivity index (χ1) is 19.7. The largest absolute Gasteiger partial charge is 0.368 e. The van der Waals surface area contributed by atoms with Crippen molar-refractivity contribution < 1.29 is 13.8 Å². The molecule has 41 heavy (non-hydrogen) atoms. The number of aryl methyl sites for hydroxylation is 3. The second kappa shape index (κ2) is 12.5. The molecule has 1 fully saturated rings. The van der Waals surface area contributed by atoms with E-state index in [9.17, 15) is 9.18 Å². The standard InChI is InChI=1S/C35H43FN4O/c1-6-7-27(23-35(41)40-18-16-39(17-19-40)32-13-11-31(36)12-14-32)25(3)20-30-21-28(9-8-24(30)2)29-10-15-34-33(22-29)37-26(4)38(34)5/h8-15,21-22,25,27H,6-7,16-20,23H2,1-5H3/p+1. The topological polar surface area (TPSA) is 43.2 Å². The molecule has 4 aromatic rings. The summed E-state index contributed by atoms with van der Waals surface area (Å²) in [6.45, 7) is 11.8. The second-order valence-electron chi connectivity index (χ2n) is 11.9. The number of rotatable bonds is 9. The summed E-state index contributed by atoms with van der Waals surface area (Å²) in [7, 11) is 2.09. The average Bonchev–Trinajstić information content (AvgIpc) is 3.26. The van der Waals surface area contributed by atoms with Gasteiger partial charge >= 0.3 is 0 Å². The Morgan fingerprint density at radius 2 is 1.66 bits per heavy atom. The molecule has 1 aromatic heterocycles. The third kappa shape index (κ3) is 6.47. The number of halogens is 1. The van der Waals surface area contributed by atoms with Crippen molar-refractivity contribution in [1.82, 2.24) is 9.88 Å². The summed E-state index contributed by atoms with van der Waals surface area (Å²) in [5.74, 6) is 1.94. The van der Waals surface area contributed by atoms with E-state index in [-0.39, 0.29) is 11.7 Å². The van der Waals surface area contributed by atoms with E-state index in [4.69, 9.17) is 0 Å². The highest BCUT2D eigenvalue weighted by molar-refractivity contribution is 5.80. The number of fused-ring (bicyclic) bond motifs is 1. The number of nitrogens with one attached hydrogen (secondary N) is 1. The number of amides is 1. The van der Waals surface area contributed by atoms with Gasteiger partial charge in [0.1, 0.15) is 5.82 Å². The van der Waals surface area contributed by atoms with Crippen LogP contribution < -0.4 is 9.47 Å². The maximum Gasteiger partial charge on any atom is 0.251 e. The molecule has 0 bridgehead atoms. The number of H-pyrrole nitrogens is 1. The van der Waals surface area contributed by atoms with Crippen molar-refractivity contribution in [1.29, 1.82) is 0 Å². The van der Waals surface area contributed by atoms with Gasteiger partial charge in [0, 0.05) is 45.2 Å². The Labute approximate surface area is 244 Å². The van der Waals surface area contributed by atoms with Crippen LogP contribution in [-0.2, 0) is 18.3 Å². The normalized spacial score (nSPS) is 15.4. The Morgan fingerprint density at radius 3 is 2.37 bits per heavy atom. The lowest BCUT2D eigenvalue weighted by molar-refractivity contribution is -0.651. The zero-order valence-electron chi connectivity index (χ0n) is 25.2. The van der Waals surface area contributed by atoms with Gasteiger partial charge in [0.15, 0.2) is 11.0 Å². The predicted molar refractivity (Wildman–Crippen MR) is 165 cm³/mol. The van der Waals surface area contributed by atoms with Crippen molar-refractivity contribution in [3.05, 3.63) is 83.4 Å².